The van der Waals surface area contributed by atoms with Crippen molar-refractivity contribution in [2.45, 2.75) is 26.3 Å². The summed E-state index contributed by atoms with van der Waals surface area (Å²) in [5.74, 6) is 0. The topological polar surface area (TPSA) is 24.1 Å². The first kappa shape index (κ1) is 12.3. The molecule has 0 unspecified atom stereocenters. The molecule has 0 radical (unpaired) electrons. The summed E-state index contributed by atoms with van der Waals surface area (Å²) in [5, 5.41) is 8.86. The van der Waals surface area contributed by atoms with E-state index in [0.29, 0.717) is 0 Å². The molecule has 2 aromatic rings. The molecule has 2 rings (SSSR count). The number of rotatable bonds is 5. The smallest absolute Gasteiger partial charge is 0.225 e. The van der Waals surface area contributed by atoms with Crippen molar-refractivity contribution in [1.29, 1.82) is 0 Å². The Morgan fingerprint density at radius 2 is 2.00 bits per heavy atom. The van der Waals surface area contributed by atoms with Gasteiger partial charge in [0.2, 0.25) is 5.51 Å². The van der Waals surface area contributed by atoms with Crippen molar-refractivity contribution in [3.63, 3.8) is 0 Å². The minimum atomic E-state index is 0.274. The number of hydrogen-bond donors (Lipinski definition) is 1. The van der Waals surface area contributed by atoms with E-state index in [4.69, 9.17) is 5.11 Å². The SMILES string of the molecule is Cc1c(CCCO)sc[n+]1Cc1ccccc1. The highest BCUT2D eigenvalue weighted by molar-refractivity contribution is 7.09. The first-order valence-corrected chi connectivity index (χ1v) is 6.80. The summed E-state index contributed by atoms with van der Waals surface area (Å²) < 4.78 is 2.28. The van der Waals surface area contributed by atoms with Crippen LogP contribution in [0.2, 0.25) is 0 Å². The molecule has 0 amide bonds. The molecule has 90 valence electrons. The van der Waals surface area contributed by atoms with Crippen LogP contribution in [0.4, 0.5) is 0 Å². The normalized spacial score (nSPS) is 10.7. The first-order valence-electron chi connectivity index (χ1n) is 5.92. The lowest BCUT2D eigenvalue weighted by atomic mass is 10.2. The maximum atomic E-state index is 8.86. The Bertz CT molecular complexity index is 464. The molecule has 2 nitrogen and oxygen atoms in total. The summed E-state index contributed by atoms with van der Waals surface area (Å²) in [7, 11) is 0. The molecule has 17 heavy (non-hydrogen) atoms. The summed E-state index contributed by atoms with van der Waals surface area (Å²) in [6.45, 7) is 3.37. The molecule has 0 spiro atoms. The van der Waals surface area contributed by atoms with Crippen LogP contribution in [0.5, 0.6) is 0 Å². The van der Waals surface area contributed by atoms with Crippen molar-refractivity contribution < 1.29 is 9.67 Å². The van der Waals surface area contributed by atoms with Gasteiger partial charge in [-0.1, -0.05) is 41.7 Å². The average Bonchev–Trinajstić information content (AvgIpc) is 2.70. The van der Waals surface area contributed by atoms with E-state index in [9.17, 15) is 0 Å². The van der Waals surface area contributed by atoms with E-state index < -0.39 is 0 Å². The number of thiazole rings is 1. The second-order valence-electron chi connectivity index (χ2n) is 4.17. The van der Waals surface area contributed by atoms with Gasteiger partial charge >= 0.3 is 0 Å². The molecule has 0 saturated carbocycles. The van der Waals surface area contributed by atoms with E-state index in [2.05, 4.69) is 41.3 Å². The lowest BCUT2D eigenvalue weighted by Gasteiger charge is -1.97. The van der Waals surface area contributed by atoms with E-state index in [1.807, 2.05) is 6.07 Å². The highest BCUT2D eigenvalue weighted by Gasteiger charge is 2.14. The van der Waals surface area contributed by atoms with Crippen LogP contribution in [-0.2, 0) is 13.0 Å². The Morgan fingerprint density at radius 1 is 1.24 bits per heavy atom. The largest absolute Gasteiger partial charge is 0.396 e. The van der Waals surface area contributed by atoms with E-state index in [1.165, 1.54) is 16.1 Å². The minimum Gasteiger partial charge on any atom is -0.396 e. The zero-order valence-electron chi connectivity index (χ0n) is 10.1. The molecular weight excluding hydrogens is 230 g/mol. The molecule has 3 heteroatoms. The molecule has 0 aliphatic carbocycles. The van der Waals surface area contributed by atoms with Crippen molar-refractivity contribution >= 4 is 11.3 Å². The van der Waals surface area contributed by atoms with Gasteiger partial charge in [-0.3, -0.25) is 0 Å². The maximum absolute atomic E-state index is 8.86. The molecule has 0 bridgehead atoms. The van der Waals surface area contributed by atoms with E-state index in [0.717, 1.165) is 19.4 Å². The van der Waals surface area contributed by atoms with Gasteiger partial charge in [-0.25, -0.2) is 0 Å². The third-order valence-electron chi connectivity index (χ3n) is 2.91. The van der Waals surface area contributed by atoms with Gasteiger partial charge in [0.25, 0.3) is 0 Å². The standard InChI is InChI=1S/C14H18NOS/c1-12-14(8-5-9-16)17-11-15(12)10-13-6-3-2-4-7-13/h2-4,6-7,11,16H,5,8-10H2,1H3/q+1. The molecule has 0 fully saturated rings. The molecule has 0 aliphatic rings. The highest BCUT2D eigenvalue weighted by Crippen LogP contribution is 2.13. The number of benzene rings is 1. The van der Waals surface area contributed by atoms with Gasteiger partial charge < -0.3 is 5.11 Å². The van der Waals surface area contributed by atoms with Crippen molar-refractivity contribution in [2.75, 3.05) is 6.61 Å². The molecule has 0 atom stereocenters. The predicted octanol–water partition coefficient (Wildman–Crippen LogP) is 2.32. The Morgan fingerprint density at radius 3 is 2.71 bits per heavy atom. The summed E-state index contributed by atoms with van der Waals surface area (Å²) in [4.78, 5) is 1.38. The fourth-order valence-electron chi connectivity index (χ4n) is 1.87. The average molecular weight is 248 g/mol. The highest BCUT2D eigenvalue weighted by atomic mass is 32.1. The molecule has 1 N–H and O–H groups in total. The number of aromatic nitrogens is 1. The molecule has 1 heterocycles. The Hall–Kier alpha value is -1.19. The van der Waals surface area contributed by atoms with Crippen LogP contribution < -0.4 is 4.57 Å². The second-order valence-corrected chi connectivity index (χ2v) is 5.11. The Balaban J connectivity index is 2.09. The third kappa shape index (κ3) is 3.14. The Labute approximate surface area is 106 Å². The lowest BCUT2D eigenvalue weighted by molar-refractivity contribution is -0.689. The summed E-state index contributed by atoms with van der Waals surface area (Å²) in [6, 6.07) is 10.5. The third-order valence-corrected chi connectivity index (χ3v) is 4.06. The van der Waals surface area contributed by atoms with Crippen LogP contribution >= 0.6 is 11.3 Å². The number of aliphatic hydroxyl groups is 1. The van der Waals surface area contributed by atoms with Gasteiger partial charge in [0.15, 0.2) is 12.2 Å². The maximum Gasteiger partial charge on any atom is 0.225 e. The molecule has 1 aromatic heterocycles. The first-order chi connectivity index (χ1) is 8.31. The molecular formula is C14H18NOS+. The number of hydrogen-bond acceptors (Lipinski definition) is 2. The van der Waals surface area contributed by atoms with E-state index in [-0.39, 0.29) is 6.61 Å². The summed E-state index contributed by atoms with van der Waals surface area (Å²) in [6.07, 6.45) is 1.83. The van der Waals surface area contributed by atoms with Crippen LogP contribution in [0.15, 0.2) is 35.8 Å². The van der Waals surface area contributed by atoms with Crippen molar-refractivity contribution in [1.82, 2.24) is 0 Å². The number of nitrogens with zero attached hydrogens (tertiary/aromatic N) is 1. The van der Waals surface area contributed by atoms with Crippen molar-refractivity contribution in [3.05, 3.63) is 52.0 Å². The Kier molecular flexibility index (Phi) is 4.29. The second kappa shape index (κ2) is 5.94. The van der Waals surface area contributed by atoms with E-state index in [1.54, 1.807) is 11.3 Å². The van der Waals surface area contributed by atoms with Gasteiger partial charge in [0.05, 0.1) is 4.88 Å². The predicted molar refractivity (Wildman–Crippen MR) is 70.2 cm³/mol. The van der Waals surface area contributed by atoms with Crippen LogP contribution in [0.25, 0.3) is 0 Å². The van der Waals surface area contributed by atoms with Gasteiger partial charge in [0.1, 0.15) is 0 Å². The zero-order valence-corrected chi connectivity index (χ0v) is 10.9. The summed E-state index contributed by atoms with van der Waals surface area (Å²) in [5.41, 5.74) is 4.83. The van der Waals surface area contributed by atoms with Crippen LogP contribution in [0.1, 0.15) is 22.6 Å². The van der Waals surface area contributed by atoms with Gasteiger partial charge in [-0.05, 0) is 12.8 Å². The monoisotopic (exact) mass is 248 g/mol. The van der Waals surface area contributed by atoms with Crippen molar-refractivity contribution in [2.24, 2.45) is 0 Å². The van der Waals surface area contributed by atoms with Gasteiger partial charge in [-0.15, -0.1) is 0 Å². The number of aliphatic hydroxyl groups excluding tert-OH is 1. The van der Waals surface area contributed by atoms with Crippen LogP contribution in [0, 0.1) is 6.92 Å². The van der Waals surface area contributed by atoms with Crippen LogP contribution in [-0.4, -0.2) is 11.7 Å². The zero-order chi connectivity index (χ0) is 12.1. The van der Waals surface area contributed by atoms with Gasteiger partial charge in [-0.2, -0.15) is 4.57 Å². The molecule has 0 saturated heterocycles. The fraction of sp³-hybridized carbons (Fsp3) is 0.357. The quantitative estimate of drug-likeness (QED) is 0.807. The minimum absolute atomic E-state index is 0.274. The van der Waals surface area contributed by atoms with Crippen LogP contribution in [0.3, 0.4) is 0 Å². The van der Waals surface area contributed by atoms with E-state index >= 15 is 0 Å². The van der Waals surface area contributed by atoms with Crippen molar-refractivity contribution in [3.8, 4) is 0 Å². The van der Waals surface area contributed by atoms with Gasteiger partial charge in [0, 0.05) is 19.1 Å². The summed E-state index contributed by atoms with van der Waals surface area (Å²) >= 11 is 1.79. The fourth-order valence-corrected chi connectivity index (χ4v) is 2.90. The molecule has 1 aromatic carbocycles. The number of aryl methyl sites for hydroxylation is 1. The molecule has 0 aliphatic heterocycles. The lowest BCUT2D eigenvalue weighted by Crippen LogP contribution is -2.34.